The molecule has 0 aromatic rings. The molecule has 6 unspecified atom stereocenters. The third-order valence-corrected chi connectivity index (χ3v) is 9.25. The summed E-state index contributed by atoms with van der Waals surface area (Å²) in [5, 5.41) is 10.7. The van der Waals surface area contributed by atoms with Crippen molar-refractivity contribution in [2.75, 3.05) is 39.9 Å². The fourth-order valence-electron chi connectivity index (χ4n) is 7.17. The van der Waals surface area contributed by atoms with Gasteiger partial charge in [0.05, 0.1) is 25.0 Å². The molecule has 1 amide bonds. The van der Waals surface area contributed by atoms with Gasteiger partial charge in [-0.05, 0) is 82.8 Å². The van der Waals surface area contributed by atoms with Crippen molar-refractivity contribution < 1.29 is 9.53 Å². The molecule has 5 N–H and O–H groups in total. The van der Waals surface area contributed by atoms with Crippen LogP contribution in [0.1, 0.15) is 64.2 Å². The van der Waals surface area contributed by atoms with Crippen LogP contribution in [-0.2, 0) is 9.53 Å². The van der Waals surface area contributed by atoms with Crippen molar-refractivity contribution in [2.24, 2.45) is 23.7 Å². The first-order valence-corrected chi connectivity index (χ1v) is 13.7. The number of fused-ring (bicyclic) bond motifs is 1. The molecule has 0 spiro atoms. The van der Waals surface area contributed by atoms with Gasteiger partial charge in [-0.3, -0.25) is 9.69 Å². The van der Waals surface area contributed by atoms with Crippen molar-refractivity contribution in [3.8, 4) is 0 Å². The number of rotatable bonds is 6. The molecule has 0 bridgehead atoms. The summed E-state index contributed by atoms with van der Waals surface area (Å²) >= 11 is 0. The van der Waals surface area contributed by atoms with E-state index in [2.05, 4.69) is 38.7 Å². The Morgan fingerprint density at radius 2 is 1.82 bits per heavy atom. The van der Waals surface area contributed by atoms with Gasteiger partial charge in [-0.15, -0.1) is 0 Å². The molecule has 188 valence electrons. The quantitative estimate of drug-likeness (QED) is 0.405. The zero-order valence-corrected chi connectivity index (χ0v) is 20.5. The smallest absolute Gasteiger partial charge is 0.223 e. The SMILES string of the molecule is CN1C(CNC2CCCC(C(=O)N[C@H]3COCC4CCCCC43)C2)NNC1C1CCNCC1. The molecule has 0 radical (unpaired) electrons. The van der Waals surface area contributed by atoms with Crippen LogP contribution >= 0.6 is 0 Å². The number of carbonyl (C=O) groups excluding carboxylic acids is 1. The number of hydrogen-bond acceptors (Lipinski definition) is 7. The Kier molecular flexibility index (Phi) is 8.21. The fourth-order valence-corrected chi connectivity index (χ4v) is 7.17. The molecule has 33 heavy (non-hydrogen) atoms. The lowest BCUT2D eigenvalue weighted by molar-refractivity contribution is -0.130. The van der Waals surface area contributed by atoms with Gasteiger partial charge in [-0.25, -0.2) is 10.9 Å². The highest BCUT2D eigenvalue weighted by Gasteiger charge is 2.39. The van der Waals surface area contributed by atoms with E-state index >= 15 is 0 Å². The van der Waals surface area contributed by atoms with Crippen LogP contribution in [0.15, 0.2) is 0 Å². The summed E-state index contributed by atoms with van der Waals surface area (Å²) in [5.74, 6) is 2.37. The number of piperidine rings is 1. The van der Waals surface area contributed by atoms with Gasteiger partial charge in [0.1, 0.15) is 0 Å². The van der Waals surface area contributed by atoms with Crippen LogP contribution < -0.4 is 26.8 Å². The van der Waals surface area contributed by atoms with E-state index in [-0.39, 0.29) is 17.9 Å². The molecule has 8 nitrogen and oxygen atoms in total. The predicted octanol–water partition coefficient (Wildman–Crippen LogP) is 1.15. The van der Waals surface area contributed by atoms with E-state index in [1.54, 1.807) is 0 Å². The summed E-state index contributed by atoms with van der Waals surface area (Å²) < 4.78 is 5.87. The molecule has 3 aliphatic heterocycles. The van der Waals surface area contributed by atoms with E-state index in [0.29, 0.717) is 42.7 Å². The molecular formula is C25H46N6O2. The lowest BCUT2D eigenvalue weighted by atomic mass is 9.74. The van der Waals surface area contributed by atoms with Crippen LogP contribution in [0.2, 0.25) is 0 Å². The summed E-state index contributed by atoms with van der Waals surface area (Å²) in [4.78, 5) is 15.6. The number of amides is 1. The number of nitrogens with zero attached hydrogens (tertiary/aromatic N) is 1. The summed E-state index contributed by atoms with van der Waals surface area (Å²) in [6, 6.07) is 0.645. The normalized spacial score (nSPS) is 40.9. The Labute approximate surface area is 199 Å². The third-order valence-electron chi connectivity index (χ3n) is 9.25. The van der Waals surface area contributed by atoms with Crippen LogP contribution in [0.4, 0.5) is 0 Å². The maximum absolute atomic E-state index is 13.2. The second kappa shape index (κ2) is 11.3. The molecule has 0 aromatic carbocycles. The van der Waals surface area contributed by atoms with Crippen LogP contribution in [-0.4, -0.2) is 75.1 Å². The summed E-state index contributed by atoms with van der Waals surface area (Å²) in [7, 11) is 2.23. The zero-order chi connectivity index (χ0) is 22.6. The molecule has 8 heteroatoms. The second-order valence-electron chi connectivity index (χ2n) is 11.3. The number of likely N-dealkylation sites (N-methyl/N-ethyl adjacent to an activating group) is 1. The van der Waals surface area contributed by atoms with Gasteiger partial charge in [0.15, 0.2) is 0 Å². The standard InChI is InChI=1S/C25H46N6O2/c1-31-23(29-30-24(31)17-9-11-26-12-10-17)14-27-20-7-4-6-18(13-20)25(32)28-22-16-33-15-19-5-2-3-8-21(19)22/h17-24,26-27,29-30H,2-16H2,1H3,(H,28,32)/t18?,19?,20?,21?,22-,23?,24?/m0/s1. The Hall–Kier alpha value is -0.770. The second-order valence-corrected chi connectivity index (χ2v) is 11.3. The molecule has 3 saturated heterocycles. The fraction of sp³-hybridized carbons (Fsp3) is 0.960. The van der Waals surface area contributed by atoms with Gasteiger partial charge in [-0.2, -0.15) is 0 Å². The highest BCUT2D eigenvalue weighted by molar-refractivity contribution is 5.79. The van der Waals surface area contributed by atoms with Gasteiger partial charge in [0.2, 0.25) is 5.91 Å². The molecule has 2 aliphatic carbocycles. The number of hydrazine groups is 1. The van der Waals surface area contributed by atoms with Crippen molar-refractivity contribution in [2.45, 2.75) is 88.6 Å². The van der Waals surface area contributed by atoms with E-state index in [1.807, 2.05) is 0 Å². The lowest BCUT2D eigenvalue weighted by Crippen LogP contribution is -2.53. The van der Waals surface area contributed by atoms with Crippen molar-refractivity contribution in [3.63, 3.8) is 0 Å². The molecule has 0 aromatic heterocycles. The van der Waals surface area contributed by atoms with Crippen LogP contribution in [0.5, 0.6) is 0 Å². The van der Waals surface area contributed by atoms with Crippen molar-refractivity contribution in [3.05, 3.63) is 0 Å². The maximum Gasteiger partial charge on any atom is 0.223 e. The first-order chi connectivity index (χ1) is 16.2. The average Bonchev–Trinajstić information content (AvgIpc) is 3.24. The molecule has 7 atom stereocenters. The Morgan fingerprint density at radius 3 is 2.70 bits per heavy atom. The van der Waals surface area contributed by atoms with Crippen molar-refractivity contribution in [1.29, 1.82) is 0 Å². The third kappa shape index (κ3) is 5.73. The van der Waals surface area contributed by atoms with Crippen LogP contribution in [0.25, 0.3) is 0 Å². The minimum absolute atomic E-state index is 0.134. The number of carbonyl (C=O) groups is 1. The Morgan fingerprint density at radius 1 is 0.970 bits per heavy atom. The zero-order valence-electron chi connectivity index (χ0n) is 20.5. The highest BCUT2D eigenvalue weighted by Crippen LogP contribution is 2.36. The Balaban J connectivity index is 1.07. The topological polar surface area (TPSA) is 89.7 Å². The monoisotopic (exact) mass is 462 g/mol. The molecular weight excluding hydrogens is 416 g/mol. The minimum atomic E-state index is 0.134. The van der Waals surface area contributed by atoms with E-state index < -0.39 is 0 Å². The van der Waals surface area contributed by atoms with Gasteiger partial charge >= 0.3 is 0 Å². The molecule has 2 saturated carbocycles. The lowest BCUT2D eigenvalue weighted by Gasteiger charge is -2.42. The van der Waals surface area contributed by atoms with Crippen LogP contribution in [0, 0.1) is 23.7 Å². The summed E-state index contributed by atoms with van der Waals surface area (Å²) in [5.41, 5.74) is 7.05. The molecule has 3 heterocycles. The van der Waals surface area contributed by atoms with E-state index in [9.17, 15) is 4.79 Å². The highest BCUT2D eigenvalue weighted by atomic mass is 16.5. The van der Waals surface area contributed by atoms with E-state index in [0.717, 1.165) is 45.5 Å². The van der Waals surface area contributed by atoms with Gasteiger partial charge in [-0.1, -0.05) is 19.3 Å². The number of ether oxygens (including phenoxy) is 1. The van der Waals surface area contributed by atoms with Crippen LogP contribution in [0.3, 0.4) is 0 Å². The summed E-state index contributed by atoms with van der Waals surface area (Å²) in [6.45, 7) is 4.75. The molecule has 5 fully saturated rings. The van der Waals surface area contributed by atoms with Gasteiger partial charge in [0, 0.05) is 25.1 Å². The average molecular weight is 463 g/mol. The summed E-state index contributed by atoms with van der Waals surface area (Å²) in [6.07, 6.45) is 12.6. The number of hydrogen-bond donors (Lipinski definition) is 5. The van der Waals surface area contributed by atoms with Crippen molar-refractivity contribution >= 4 is 5.91 Å². The maximum atomic E-state index is 13.2. The Bertz CT molecular complexity index is 642. The number of nitrogens with one attached hydrogen (secondary N) is 5. The van der Waals surface area contributed by atoms with E-state index in [1.165, 1.54) is 44.9 Å². The largest absolute Gasteiger partial charge is 0.379 e. The first kappa shape index (κ1) is 23.9. The molecule has 5 aliphatic rings. The molecule has 5 rings (SSSR count). The minimum Gasteiger partial charge on any atom is -0.379 e. The van der Waals surface area contributed by atoms with Crippen molar-refractivity contribution in [1.82, 2.24) is 31.7 Å². The predicted molar refractivity (Wildman–Crippen MR) is 129 cm³/mol. The van der Waals surface area contributed by atoms with Gasteiger partial charge in [0.25, 0.3) is 0 Å². The van der Waals surface area contributed by atoms with E-state index in [4.69, 9.17) is 4.74 Å². The van der Waals surface area contributed by atoms with Gasteiger partial charge < -0.3 is 20.7 Å². The first-order valence-electron chi connectivity index (χ1n) is 13.7.